The summed E-state index contributed by atoms with van der Waals surface area (Å²) in [6.45, 7) is 4.67. The van der Waals surface area contributed by atoms with Crippen LogP contribution in [0.4, 0.5) is 13.2 Å². The molecule has 14 heavy (non-hydrogen) atoms. The second kappa shape index (κ2) is 3.98. The number of carbonyl (C=O) groups is 2. The van der Waals surface area contributed by atoms with Crippen molar-refractivity contribution >= 4 is 12.2 Å². The fourth-order valence-electron chi connectivity index (χ4n) is 0.678. The number of halogens is 3. The summed E-state index contributed by atoms with van der Waals surface area (Å²) in [5.41, 5.74) is -0.733. The lowest BCUT2D eigenvalue weighted by atomic mass is 9.87. The number of aldehydes is 1. The zero-order valence-electron chi connectivity index (χ0n) is 8.11. The molecule has 82 valence electrons. The molecule has 0 aromatic heterocycles. The van der Waals surface area contributed by atoms with Gasteiger partial charge in [-0.05, 0) is 5.41 Å². The number of hydrogen-bond donors (Lipinski definition) is 1. The van der Waals surface area contributed by atoms with Crippen molar-refractivity contribution in [1.29, 1.82) is 0 Å². The number of carbonyl (C=O) groups excluding carboxylic acids is 2. The lowest BCUT2D eigenvalue weighted by molar-refractivity contribution is -0.175. The quantitative estimate of drug-likeness (QED) is 0.699. The van der Waals surface area contributed by atoms with E-state index >= 15 is 0 Å². The SMILES string of the molecule is CC(C)(C)C(C=O)NC(=O)C(F)(F)F. The predicted molar refractivity (Wildman–Crippen MR) is 43.5 cm³/mol. The van der Waals surface area contributed by atoms with Crippen LogP contribution in [-0.4, -0.2) is 24.4 Å². The standard InChI is InChI=1S/C8H12F3NO2/c1-7(2,3)5(4-13)12-6(14)8(9,10)11/h4-5H,1-3H3,(H,12,14). The zero-order valence-corrected chi connectivity index (χ0v) is 8.11. The maximum absolute atomic E-state index is 11.8. The third-order valence-electron chi connectivity index (χ3n) is 1.61. The summed E-state index contributed by atoms with van der Waals surface area (Å²) in [5, 5.41) is 1.61. The molecule has 0 saturated carbocycles. The Kier molecular flexibility index (Phi) is 3.67. The van der Waals surface area contributed by atoms with Crippen molar-refractivity contribution in [2.24, 2.45) is 5.41 Å². The molecule has 1 unspecified atom stereocenters. The summed E-state index contributed by atoms with van der Waals surface area (Å²) in [7, 11) is 0. The van der Waals surface area contributed by atoms with E-state index in [9.17, 15) is 22.8 Å². The zero-order chi connectivity index (χ0) is 11.6. The first kappa shape index (κ1) is 12.9. The van der Waals surface area contributed by atoms with Crippen LogP contribution in [-0.2, 0) is 9.59 Å². The van der Waals surface area contributed by atoms with E-state index < -0.39 is 23.5 Å². The van der Waals surface area contributed by atoms with Gasteiger partial charge in [-0.2, -0.15) is 13.2 Å². The third-order valence-corrected chi connectivity index (χ3v) is 1.61. The van der Waals surface area contributed by atoms with Gasteiger partial charge in [-0.1, -0.05) is 20.8 Å². The highest BCUT2D eigenvalue weighted by atomic mass is 19.4. The minimum Gasteiger partial charge on any atom is -0.338 e. The monoisotopic (exact) mass is 211 g/mol. The van der Waals surface area contributed by atoms with E-state index in [1.807, 2.05) is 0 Å². The normalized spacial score (nSPS) is 14.7. The molecular formula is C8H12F3NO2. The fraction of sp³-hybridized carbons (Fsp3) is 0.750. The van der Waals surface area contributed by atoms with Crippen molar-refractivity contribution in [3.05, 3.63) is 0 Å². The van der Waals surface area contributed by atoms with Gasteiger partial charge in [0.25, 0.3) is 0 Å². The van der Waals surface area contributed by atoms with E-state index in [0.717, 1.165) is 0 Å². The second-order valence-electron chi connectivity index (χ2n) is 3.95. The summed E-state index contributed by atoms with van der Waals surface area (Å²) in [4.78, 5) is 20.9. The van der Waals surface area contributed by atoms with Gasteiger partial charge >= 0.3 is 12.1 Å². The Hall–Kier alpha value is -1.07. The van der Waals surface area contributed by atoms with E-state index in [0.29, 0.717) is 6.29 Å². The molecule has 0 heterocycles. The van der Waals surface area contributed by atoms with E-state index in [1.165, 1.54) is 0 Å². The highest BCUT2D eigenvalue weighted by Gasteiger charge is 2.41. The maximum atomic E-state index is 11.8. The van der Waals surface area contributed by atoms with Crippen LogP contribution in [0.1, 0.15) is 20.8 Å². The summed E-state index contributed by atoms with van der Waals surface area (Å²) in [6, 6.07) is -1.14. The first-order valence-corrected chi connectivity index (χ1v) is 3.92. The lowest BCUT2D eigenvalue weighted by Gasteiger charge is -2.26. The van der Waals surface area contributed by atoms with Gasteiger partial charge in [0.05, 0.1) is 6.04 Å². The molecule has 3 nitrogen and oxygen atoms in total. The van der Waals surface area contributed by atoms with Gasteiger partial charge in [-0.25, -0.2) is 0 Å². The van der Waals surface area contributed by atoms with Crippen LogP contribution in [0.25, 0.3) is 0 Å². The van der Waals surface area contributed by atoms with Gasteiger partial charge in [-0.3, -0.25) is 4.79 Å². The fourth-order valence-corrected chi connectivity index (χ4v) is 0.678. The van der Waals surface area contributed by atoms with Gasteiger partial charge in [0.1, 0.15) is 6.29 Å². The molecular weight excluding hydrogens is 199 g/mol. The first-order valence-electron chi connectivity index (χ1n) is 3.92. The molecule has 1 atom stereocenters. The molecule has 0 radical (unpaired) electrons. The lowest BCUT2D eigenvalue weighted by Crippen LogP contribution is -2.49. The molecule has 0 bridgehead atoms. The van der Waals surface area contributed by atoms with E-state index in [4.69, 9.17) is 0 Å². The molecule has 0 fully saturated rings. The van der Waals surface area contributed by atoms with Gasteiger partial charge in [0, 0.05) is 0 Å². The topological polar surface area (TPSA) is 46.2 Å². The van der Waals surface area contributed by atoms with E-state index in [1.54, 1.807) is 26.1 Å². The summed E-state index contributed by atoms with van der Waals surface area (Å²) >= 11 is 0. The van der Waals surface area contributed by atoms with Crippen LogP contribution >= 0.6 is 0 Å². The molecule has 0 saturated heterocycles. The highest BCUT2D eigenvalue weighted by Crippen LogP contribution is 2.20. The predicted octanol–water partition coefficient (Wildman–Crippen LogP) is 1.28. The molecule has 0 aliphatic heterocycles. The average Bonchev–Trinajstić information content (AvgIpc) is 1.95. The summed E-state index contributed by atoms with van der Waals surface area (Å²) in [6.07, 6.45) is -4.66. The summed E-state index contributed by atoms with van der Waals surface area (Å²) in [5.74, 6) is -2.09. The smallest absolute Gasteiger partial charge is 0.338 e. The molecule has 1 amide bonds. The number of nitrogens with one attached hydrogen (secondary N) is 1. The minimum absolute atomic E-state index is 0.295. The Morgan fingerprint density at radius 1 is 1.29 bits per heavy atom. The Bertz CT molecular complexity index is 230. The summed E-state index contributed by atoms with van der Waals surface area (Å²) < 4.78 is 35.4. The van der Waals surface area contributed by atoms with E-state index in [2.05, 4.69) is 0 Å². The number of rotatable bonds is 2. The Labute approximate surface area is 79.7 Å². The van der Waals surface area contributed by atoms with Gasteiger partial charge in [0.15, 0.2) is 0 Å². The highest BCUT2D eigenvalue weighted by molar-refractivity contribution is 5.84. The average molecular weight is 211 g/mol. The number of amides is 1. The maximum Gasteiger partial charge on any atom is 0.471 e. The van der Waals surface area contributed by atoms with E-state index in [-0.39, 0.29) is 0 Å². The number of hydrogen-bond acceptors (Lipinski definition) is 2. The van der Waals surface area contributed by atoms with Crippen molar-refractivity contribution in [2.45, 2.75) is 33.0 Å². The van der Waals surface area contributed by atoms with Crippen LogP contribution in [0, 0.1) is 5.41 Å². The second-order valence-corrected chi connectivity index (χ2v) is 3.95. The largest absolute Gasteiger partial charge is 0.471 e. The third kappa shape index (κ3) is 3.76. The minimum atomic E-state index is -4.95. The van der Waals surface area contributed by atoms with Crippen molar-refractivity contribution in [2.75, 3.05) is 0 Å². The molecule has 0 aromatic rings. The van der Waals surface area contributed by atoms with Crippen molar-refractivity contribution in [1.82, 2.24) is 5.32 Å². The molecule has 0 aromatic carbocycles. The van der Waals surface area contributed by atoms with Crippen LogP contribution < -0.4 is 5.32 Å². The molecule has 0 rings (SSSR count). The molecule has 6 heteroatoms. The van der Waals surface area contributed by atoms with Gasteiger partial charge in [-0.15, -0.1) is 0 Å². The van der Waals surface area contributed by atoms with Crippen molar-refractivity contribution in [3.8, 4) is 0 Å². The molecule has 1 N–H and O–H groups in total. The number of alkyl halides is 3. The molecule has 0 spiro atoms. The van der Waals surface area contributed by atoms with Gasteiger partial charge in [0.2, 0.25) is 0 Å². The van der Waals surface area contributed by atoms with Gasteiger partial charge < -0.3 is 10.1 Å². The van der Waals surface area contributed by atoms with Crippen LogP contribution in [0.5, 0.6) is 0 Å². The molecule has 0 aliphatic carbocycles. The Morgan fingerprint density at radius 2 is 1.71 bits per heavy atom. The van der Waals surface area contributed by atoms with Crippen molar-refractivity contribution in [3.63, 3.8) is 0 Å². The van der Waals surface area contributed by atoms with Crippen LogP contribution in [0.2, 0.25) is 0 Å². The first-order chi connectivity index (χ1) is 6.09. The molecule has 0 aliphatic rings. The van der Waals surface area contributed by atoms with Crippen LogP contribution in [0.3, 0.4) is 0 Å². The Morgan fingerprint density at radius 3 is 1.93 bits per heavy atom. The van der Waals surface area contributed by atoms with Crippen molar-refractivity contribution < 1.29 is 22.8 Å². The van der Waals surface area contributed by atoms with Crippen LogP contribution in [0.15, 0.2) is 0 Å². The Balaban J connectivity index is 4.51.